The van der Waals surface area contributed by atoms with E-state index in [1.807, 2.05) is 12.1 Å². The minimum absolute atomic E-state index is 0.132. The van der Waals surface area contributed by atoms with Crippen LogP contribution in [-0.4, -0.2) is 11.4 Å². The monoisotopic (exact) mass is 406 g/mol. The molecule has 0 unspecified atom stereocenters. The summed E-state index contributed by atoms with van der Waals surface area (Å²) in [5, 5.41) is 10.6. The molecule has 0 amide bonds. The zero-order valence-electron chi connectivity index (χ0n) is 13.4. The van der Waals surface area contributed by atoms with Crippen LogP contribution >= 0.6 is 34.8 Å². The highest BCUT2D eigenvalue weighted by atomic mass is 35.5. The van der Waals surface area contributed by atoms with Crippen LogP contribution < -0.4 is 4.74 Å². The number of ether oxygens (including phenoxy) is 1. The average Bonchev–Trinajstić information content (AvgIpc) is 2.65. The first-order valence-corrected chi connectivity index (χ1v) is 8.75. The Balaban J connectivity index is 1.91. The second kappa shape index (κ2) is 8.00. The van der Waals surface area contributed by atoms with Crippen LogP contribution in [0.2, 0.25) is 15.1 Å². The molecule has 0 bridgehead atoms. The lowest BCUT2D eigenvalue weighted by Gasteiger charge is -2.11. The van der Waals surface area contributed by atoms with E-state index >= 15 is 0 Å². The molecule has 0 aliphatic carbocycles. The molecule has 0 fully saturated rings. The van der Waals surface area contributed by atoms with Gasteiger partial charge in [0.15, 0.2) is 5.75 Å². The van der Waals surface area contributed by atoms with Crippen LogP contribution in [-0.2, 0) is 6.61 Å². The number of carbonyl (C=O) groups excluding carboxylic acids is 1. The molecule has 0 heterocycles. The number of rotatable bonds is 5. The van der Waals surface area contributed by atoms with Gasteiger partial charge >= 0.3 is 0 Å². The highest BCUT2D eigenvalue weighted by Gasteiger charge is 2.10. The van der Waals surface area contributed by atoms with E-state index in [-0.39, 0.29) is 15.8 Å². The molecule has 6 heteroatoms. The van der Waals surface area contributed by atoms with Crippen molar-refractivity contribution in [2.75, 3.05) is 0 Å². The number of benzene rings is 3. The van der Waals surface area contributed by atoms with E-state index < -0.39 is 0 Å². The molecule has 3 aromatic carbocycles. The van der Waals surface area contributed by atoms with Crippen LogP contribution in [0.25, 0.3) is 11.1 Å². The van der Waals surface area contributed by atoms with E-state index in [0.29, 0.717) is 34.1 Å². The Morgan fingerprint density at radius 1 is 0.885 bits per heavy atom. The van der Waals surface area contributed by atoms with Gasteiger partial charge in [-0.25, -0.2) is 0 Å². The summed E-state index contributed by atoms with van der Waals surface area (Å²) < 4.78 is 5.80. The second-order valence-electron chi connectivity index (χ2n) is 5.61. The van der Waals surface area contributed by atoms with Gasteiger partial charge in [0, 0.05) is 10.6 Å². The number of halogens is 3. The molecule has 0 radical (unpaired) electrons. The molecule has 1 N–H and O–H groups in total. The Bertz CT molecular complexity index is 930. The van der Waals surface area contributed by atoms with Gasteiger partial charge < -0.3 is 9.84 Å². The summed E-state index contributed by atoms with van der Waals surface area (Å²) in [6.45, 7) is 0.329. The Morgan fingerprint density at radius 3 is 2.12 bits per heavy atom. The first kappa shape index (κ1) is 18.6. The van der Waals surface area contributed by atoms with Crippen molar-refractivity contribution in [2.24, 2.45) is 0 Å². The summed E-state index contributed by atoms with van der Waals surface area (Å²) >= 11 is 17.9. The van der Waals surface area contributed by atoms with Gasteiger partial charge in [0.1, 0.15) is 18.6 Å². The Kier molecular flexibility index (Phi) is 5.72. The summed E-state index contributed by atoms with van der Waals surface area (Å²) in [6.07, 6.45) is 0.738. The average molecular weight is 408 g/mol. The third kappa shape index (κ3) is 4.31. The van der Waals surface area contributed by atoms with Crippen molar-refractivity contribution < 1.29 is 14.6 Å². The lowest BCUT2D eigenvalue weighted by molar-refractivity contribution is 0.112. The summed E-state index contributed by atoms with van der Waals surface area (Å²) in [5.74, 6) is 0.350. The van der Waals surface area contributed by atoms with Crippen LogP contribution in [0.4, 0.5) is 0 Å². The third-order valence-electron chi connectivity index (χ3n) is 3.73. The highest BCUT2D eigenvalue weighted by molar-refractivity contribution is 6.37. The maximum Gasteiger partial charge on any atom is 0.152 e. The molecule has 0 aliphatic rings. The van der Waals surface area contributed by atoms with Crippen molar-refractivity contribution in [1.82, 2.24) is 0 Å². The van der Waals surface area contributed by atoms with Crippen LogP contribution in [0.15, 0.2) is 54.6 Å². The topological polar surface area (TPSA) is 46.5 Å². The molecular weight excluding hydrogens is 395 g/mol. The summed E-state index contributed by atoms with van der Waals surface area (Å²) in [7, 11) is 0. The fraction of sp³-hybridized carbons (Fsp3) is 0.0500. The van der Waals surface area contributed by atoms with Gasteiger partial charge in [-0.05, 0) is 59.2 Å². The summed E-state index contributed by atoms with van der Waals surface area (Å²) in [4.78, 5) is 11.3. The predicted octanol–water partition coefficient (Wildman–Crippen LogP) is 6.41. The minimum atomic E-state index is -0.178. The van der Waals surface area contributed by atoms with Crippen molar-refractivity contribution in [3.63, 3.8) is 0 Å². The van der Waals surface area contributed by atoms with Crippen LogP contribution in [0.5, 0.6) is 11.5 Å². The number of phenols is 1. The summed E-state index contributed by atoms with van der Waals surface area (Å²) in [5.41, 5.74) is 2.76. The van der Waals surface area contributed by atoms with Gasteiger partial charge in [0.05, 0.1) is 10.0 Å². The second-order valence-corrected chi connectivity index (χ2v) is 6.86. The van der Waals surface area contributed by atoms with E-state index in [0.717, 1.165) is 11.8 Å². The van der Waals surface area contributed by atoms with Crippen molar-refractivity contribution in [3.8, 4) is 22.6 Å². The van der Waals surface area contributed by atoms with Crippen LogP contribution in [0.3, 0.4) is 0 Å². The largest absolute Gasteiger partial charge is 0.505 e. The number of hydrogen-bond donors (Lipinski definition) is 1. The Labute approximate surface area is 165 Å². The first-order chi connectivity index (χ1) is 12.5. The molecular formula is C20H13Cl3O3. The van der Waals surface area contributed by atoms with Crippen LogP contribution in [0, 0.1) is 0 Å². The van der Waals surface area contributed by atoms with E-state index in [1.54, 1.807) is 42.5 Å². The lowest BCUT2D eigenvalue weighted by atomic mass is 10.0. The molecule has 0 spiro atoms. The fourth-order valence-electron chi connectivity index (χ4n) is 2.42. The van der Waals surface area contributed by atoms with Crippen molar-refractivity contribution >= 4 is 41.1 Å². The first-order valence-electron chi connectivity index (χ1n) is 7.62. The van der Waals surface area contributed by atoms with Crippen molar-refractivity contribution in [1.29, 1.82) is 0 Å². The number of carbonyl (C=O) groups is 1. The zero-order chi connectivity index (χ0) is 18.7. The Hall–Kier alpha value is -2.20. The zero-order valence-corrected chi connectivity index (χ0v) is 15.6. The summed E-state index contributed by atoms with van der Waals surface area (Å²) in [6, 6.07) is 15.6. The molecule has 3 nitrogen and oxygen atoms in total. The highest BCUT2D eigenvalue weighted by Crippen LogP contribution is 2.37. The molecule has 0 atom stereocenters. The molecule has 0 aromatic heterocycles. The number of aromatic hydroxyl groups is 1. The number of hydrogen-bond acceptors (Lipinski definition) is 3. The lowest BCUT2D eigenvalue weighted by Crippen LogP contribution is -1.96. The van der Waals surface area contributed by atoms with E-state index in [2.05, 4.69) is 0 Å². The van der Waals surface area contributed by atoms with E-state index in [4.69, 9.17) is 39.5 Å². The predicted molar refractivity (Wildman–Crippen MR) is 105 cm³/mol. The maximum absolute atomic E-state index is 11.3. The standard InChI is InChI=1S/C20H13Cl3O3/c21-16-3-1-12(2-4-16)11-26-17-6-13(10-24)5-14(7-17)15-8-18(22)20(25)19(23)9-15/h1-10,25H,11H2. The quantitative estimate of drug-likeness (QED) is 0.497. The SMILES string of the molecule is O=Cc1cc(OCc2ccc(Cl)cc2)cc(-c2cc(Cl)c(O)c(Cl)c2)c1. The van der Waals surface area contributed by atoms with Gasteiger partial charge in [-0.1, -0.05) is 46.9 Å². The van der Waals surface area contributed by atoms with Gasteiger partial charge in [-0.2, -0.15) is 0 Å². The van der Waals surface area contributed by atoms with Gasteiger partial charge in [0.2, 0.25) is 0 Å². The van der Waals surface area contributed by atoms with Gasteiger partial charge in [0.25, 0.3) is 0 Å². The van der Waals surface area contributed by atoms with Crippen molar-refractivity contribution in [2.45, 2.75) is 6.61 Å². The molecule has 132 valence electrons. The Morgan fingerprint density at radius 2 is 1.50 bits per heavy atom. The normalized spacial score (nSPS) is 10.6. The smallest absolute Gasteiger partial charge is 0.152 e. The van der Waals surface area contributed by atoms with E-state index in [9.17, 15) is 9.90 Å². The number of phenolic OH excluding ortho intramolecular Hbond substituents is 1. The van der Waals surface area contributed by atoms with E-state index in [1.165, 1.54) is 0 Å². The molecule has 26 heavy (non-hydrogen) atoms. The van der Waals surface area contributed by atoms with Crippen molar-refractivity contribution in [3.05, 3.63) is 80.8 Å². The molecule has 3 aromatic rings. The fourth-order valence-corrected chi connectivity index (χ4v) is 3.03. The van der Waals surface area contributed by atoms with Crippen LogP contribution in [0.1, 0.15) is 15.9 Å². The van der Waals surface area contributed by atoms with Gasteiger partial charge in [-0.3, -0.25) is 4.79 Å². The van der Waals surface area contributed by atoms with Gasteiger partial charge in [-0.15, -0.1) is 0 Å². The molecule has 0 saturated heterocycles. The molecule has 0 aliphatic heterocycles. The molecule has 0 saturated carbocycles. The molecule has 3 rings (SSSR count). The number of aldehydes is 1. The maximum atomic E-state index is 11.3. The third-order valence-corrected chi connectivity index (χ3v) is 4.56. The minimum Gasteiger partial charge on any atom is -0.505 e.